The van der Waals surface area contributed by atoms with E-state index in [4.69, 9.17) is 15.4 Å². The summed E-state index contributed by atoms with van der Waals surface area (Å²) in [5, 5.41) is 17.0. The van der Waals surface area contributed by atoms with Gasteiger partial charge < -0.3 is 10.2 Å². The zero-order chi connectivity index (χ0) is 12.1. The Kier molecular flexibility index (Phi) is 3.75. The van der Waals surface area contributed by atoms with Crippen molar-refractivity contribution in [2.75, 3.05) is 0 Å². The van der Waals surface area contributed by atoms with E-state index in [9.17, 15) is 0 Å². The summed E-state index contributed by atoms with van der Waals surface area (Å²) in [6, 6.07) is 9.58. The minimum absolute atomic E-state index is 0.238. The predicted octanol–water partition coefficient (Wildman–Crippen LogP) is 1.69. The lowest BCUT2D eigenvalue weighted by Gasteiger charge is -2.00. The number of hydrogen-bond donors (Lipinski definition) is 1. The van der Waals surface area contributed by atoms with Gasteiger partial charge in [0.2, 0.25) is 5.89 Å². The summed E-state index contributed by atoms with van der Waals surface area (Å²) in [6.45, 7) is 0.238. The molecule has 6 heteroatoms. The zero-order valence-electron chi connectivity index (χ0n) is 8.96. The van der Waals surface area contributed by atoms with E-state index in [-0.39, 0.29) is 6.54 Å². The Morgan fingerprint density at radius 1 is 1.35 bits per heavy atom. The highest BCUT2D eigenvalue weighted by Gasteiger charge is 2.07. The topological polar surface area (TPSA) is 88.7 Å². The largest absolute Gasteiger partial charge is 0.415 e. The lowest BCUT2D eigenvalue weighted by Crippen LogP contribution is -1.95. The van der Waals surface area contributed by atoms with Crippen LogP contribution in [0.25, 0.3) is 0 Å². The average molecular weight is 246 g/mol. The molecule has 5 nitrogen and oxygen atoms in total. The fourth-order valence-electron chi connectivity index (χ4n) is 1.27. The SMILES string of the molecule is N#Cc1ccccc1CSc1nnc(CN)o1. The molecule has 86 valence electrons. The highest BCUT2D eigenvalue weighted by Crippen LogP contribution is 2.22. The molecule has 0 aliphatic carbocycles. The monoisotopic (exact) mass is 246 g/mol. The number of rotatable bonds is 4. The minimum Gasteiger partial charge on any atom is -0.415 e. The Balaban J connectivity index is 2.05. The Hall–Kier alpha value is -1.84. The van der Waals surface area contributed by atoms with Gasteiger partial charge in [-0.2, -0.15) is 5.26 Å². The maximum absolute atomic E-state index is 8.93. The molecular weight excluding hydrogens is 236 g/mol. The van der Waals surface area contributed by atoms with Crippen LogP contribution in [0.3, 0.4) is 0 Å². The van der Waals surface area contributed by atoms with Crippen molar-refractivity contribution in [3.8, 4) is 6.07 Å². The quantitative estimate of drug-likeness (QED) is 0.826. The van der Waals surface area contributed by atoms with E-state index in [0.717, 1.165) is 5.56 Å². The molecule has 17 heavy (non-hydrogen) atoms. The van der Waals surface area contributed by atoms with Crippen LogP contribution in [0, 0.1) is 11.3 Å². The van der Waals surface area contributed by atoms with Crippen LogP contribution < -0.4 is 5.73 Å². The number of aromatic nitrogens is 2. The summed E-state index contributed by atoms with van der Waals surface area (Å²) in [4.78, 5) is 0. The van der Waals surface area contributed by atoms with E-state index in [1.165, 1.54) is 11.8 Å². The third-order valence-corrected chi connectivity index (χ3v) is 2.98. The average Bonchev–Trinajstić information content (AvgIpc) is 2.84. The summed E-state index contributed by atoms with van der Waals surface area (Å²) >= 11 is 1.39. The first-order valence-electron chi connectivity index (χ1n) is 4.96. The standard InChI is InChI=1S/C11H10N4OS/c12-5-8-3-1-2-4-9(8)7-17-11-15-14-10(6-13)16-11/h1-4H,6-7,13H2. The van der Waals surface area contributed by atoms with Crippen molar-refractivity contribution >= 4 is 11.8 Å². The predicted molar refractivity (Wildman–Crippen MR) is 62.9 cm³/mol. The number of nitrogens with two attached hydrogens (primary N) is 1. The third kappa shape index (κ3) is 2.84. The highest BCUT2D eigenvalue weighted by atomic mass is 32.2. The molecule has 1 aromatic carbocycles. The van der Waals surface area contributed by atoms with Gasteiger partial charge >= 0.3 is 0 Å². The van der Waals surface area contributed by atoms with Crippen LogP contribution in [0.4, 0.5) is 0 Å². The number of nitrogens with zero attached hydrogens (tertiary/aromatic N) is 3. The van der Waals surface area contributed by atoms with E-state index < -0.39 is 0 Å². The lowest BCUT2D eigenvalue weighted by molar-refractivity contribution is 0.415. The minimum atomic E-state index is 0.238. The van der Waals surface area contributed by atoms with E-state index in [2.05, 4.69) is 16.3 Å². The fraction of sp³-hybridized carbons (Fsp3) is 0.182. The van der Waals surface area contributed by atoms with Gasteiger partial charge in [-0.1, -0.05) is 30.0 Å². The second-order valence-corrected chi connectivity index (χ2v) is 4.15. The van der Waals surface area contributed by atoms with Crippen molar-refractivity contribution in [2.24, 2.45) is 5.73 Å². The van der Waals surface area contributed by atoms with Crippen molar-refractivity contribution in [3.05, 3.63) is 41.3 Å². The Morgan fingerprint density at radius 3 is 2.88 bits per heavy atom. The van der Waals surface area contributed by atoms with Crippen LogP contribution in [0.15, 0.2) is 33.9 Å². The second kappa shape index (κ2) is 5.48. The molecule has 2 N–H and O–H groups in total. The molecule has 0 radical (unpaired) electrons. The van der Waals surface area contributed by atoms with Gasteiger partial charge in [-0.3, -0.25) is 0 Å². The van der Waals surface area contributed by atoms with Crippen molar-refractivity contribution in [2.45, 2.75) is 17.5 Å². The van der Waals surface area contributed by atoms with Crippen molar-refractivity contribution < 1.29 is 4.42 Å². The van der Waals surface area contributed by atoms with Crippen molar-refractivity contribution in [1.82, 2.24) is 10.2 Å². The van der Waals surface area contributed by atoms with Gasteiger partial charge in [0.25, 0.3) is 5.22 Å². The van der Waals surface area contributed by atoms with Crippen LogP contribution >= 0.6 is 11.8 Å². The summed E-state index contributed by atoms with van der Waals surface area (Å²) in [5.41, 5.74) is 6.98. The molecule has 0 unspecified atom stereocenters. The lowest BCUT2D eigenvalue weighted by atomic mass is 10.1. The molecule has 0 bridgehead atoms. The smallest absolute Gasteiger partial charge is 0.276 e. The van der Waals surface area contributed by atoms with E-state index in [1.807, 2.05) is 18.2 Å². The third-order valence-electron chi connectivity index (χ3n) is 2.11. The molecule has 0 amide bonds. The molecule has 2 aromatic rings. The highest BCUT2D eigenvalue weighted by molar-refractivity contribution is 7.98. The second-order valence-electron chi connectivity index (χ2n) is 3.22. The van der Waals surface area contributed by atoms with Crippen LogP contribution in [0.1, 0.15) is 17.0 Å². The first kappa shape index (κ1) is 11.6. The maximum Gasteiger partial charge on any atom is 0.276 e. The number of nitriles is 1. The number of thioether (sulfide) groups is 1. The van der Waals surface area contributed by atoms with Crippen molar-refractivity contribution in [3.63, 3.8) is 0 Å². The summed E-state index contributed by atoms with van der Waals surface area (Å²) in [6.07, 6.45) is 0. The summed E-state index contributed by atoms with van der Waals surface area (Å²) in [5.74, 6) is 1.04. The Morgan fingerprint density at radius 2 is 2.18 bits per heavy atom. The molecule has 0 spiro atoms. The van der Waals surface area contributed by atoms with Gasteiger partial charge in [-0.05, 0) is 11.6 Å². The van der Waals surface area contributed by atoms with E-state index in [1.54, 1.807) is 6.07 Å². The Bertz CT molecular complexity index is 546. The van der Waals surface area contributed by atoms with Gasteiger partial charge in [0.05, 0.1) is 18.2 Å². The first-order chi connectivity index (χ1) is 8.33. The van der Waals surface area contributed by atoms with Gasteiger partial charge in [0.1, 0.15) is 0 Å². The van der Waals surface area contributed by atoms with E-state index >= 15 is 0 Å². The Labute approximate surface area is 103 Å². The van der Waals surface area contributed by atoms with E-state index in [0.29, 0.717) is 22.4 Å². The van der Waals surface area contributed by atoms with Crippen molar-refractivity contribution in [1.29, 1.82) is 5.26 Å². The number of hydrogen-bond acceptors (Lipinski definition) is 6. The first-order valence-corrected chi connectivity index (χ1v) is 5.95. The molecule has 0 aliphatic rings. The summed E-state index contributed by atoms with van der Waals surface area (Å²) < 4.78 is 5.26. The molecule has 1 heterocycles. The summed E-state index contributed by atoms with van der Waals surface area (Å²) in [7, 11) is 0. The normalized spacial score (nSPS) is 10.1. The number of benzene rings is 1. The zero-order valence-corrected chi connectivity index (χ0v) is 9.78. The molecule has 0 aliphatic heterocycles. The molecule has 0 saturated heterocycles. The molecule has 1 aromatic heterocycles. The molecule has 0 fully saturated rings. The molecule has 2 rings (SSSR count). The molecule has 0 saturated carbocycles. The van der Waals surface area contributed by atoms with Gasteiger partial charge in [-0.15, -0.1) is 10.2 Å². The van der Waals surface area contributed by atoms with Crippen LogP contribution in [0.2, 0.25) is 0 Å². The van der Waals surface area contributed by atoms with Crippen LogP contribution in [-0.2, 0) is 12.3 Å². The maximum atomic E-state index is 8.93. The van der Waals surface area contributed by atoms with Gasteiger partial charge in [0.15, 0.2) is 0 Å². The molecular formula is C11H10N4OS. The van der Waals surface area contributed by atoms with Crippen LogP contribution in [-0.4, -0.2) is 10.2 Å². The van der Waals surface area contributed by atoms with Crippen LogP contribution in [0.5, 0.6) is 0 Å². The van der Waals surface area contributed by atoms with Gasteiger partial charge in [0, 0.05) is 5.75 Å². The van der Waals surface area contributed by atoms with Gasteiger partial charge in [-0.25, -0.2) is 0 Å². The molecule has 0 atom stereocenters. The fourth-order valence-corrected chi connectivity index (χ4v) is 2.06.